The van der Waals surface area contributed by atoms with Gasteiger partial charge in [-0.15, -0.1) is 0 Å². The molecular weight excluding hydrogens is 422 g/mol. The minimum absolute atomic E-state index is 0.177. The van der Waals surface area contributed by atoms with Crippen LogP contribution in [0.1, 0.15) is 12.0 Å². The number of halogens is 1. The maximum absolute atomic E-state index is 12.7. The van der Waals surface area contributed by atoms with Crippen molar-refractivity contribution in [2.24, 2.45) is 0 Å². The summed E-state index contributed by atoms with van der Waals surface area (Å²) in [4.78, 5) is 29.6. The summed E-state index contributed by atoms with van der Waals surface area (Å²) >= 11 is 3.36. The van der Waals surface area contributed by atoms with Crippen molar-refractivity contribution in [1.82, 2.24) is 10.3 Å². The van der Waals surface area contributed by atoms with E-state index >= 15 is 0 Å². The number of rotatable bonds is 6. The van der Waals surface area contributed by atoms with Crippen molar-refractivity contribution in [1.29, 1.82) is 0 Å². The zero-order valence-electron chi connectivity index (χ0n) is 15.4. The smallest absolute Gasteiger partial charge is 0.251 e. The minimum atomic E-state index is -0.490. The first-order valence-corrected chi connectivity index (χ1v) is 9.86. The quantitative estimate of drug-likeness (QED) is 0.574. The number of nitrogens with one attached hydrogen (secondary N) is 2. The summed E-state index contributed by atoms with van der Waals surface area (Å²) in [6.45, 7) is 0.599. The van der Waals surface area contributed by atoms with E-state index in [9.17, 15) is 9.59 Å². The number of hydrogen-bond donors (Lipinski definition) is 2. The van der Waals surface area contributed by atoms with Gasteiger partial charge < -0.3 is 15.0 Å². The summed E-state index contributed by atoms with van der Waals surface area (Å²) in [5.41, 5.74) is 2.79. The Balaban J connectivity index is 1.41. The van der Waals surface area contributed by atoms with Crippen molar-refractivity contribution in [3.05, 3.63) is 58.7 Å². The summed E-state index contributed by atoms with van der Waals surface area (Å²) in [5, 5.41) is 4.34. The lowest BCUT2D eigenvalue weighted by Crippen LogP contribution is -2.39. The van der Waals surface area contributed by atoms with E-state index in [-0.39, 0.29) is 18.2 Å². The number of anilines is 1. The van der Waals surface area contributed by atoms with Crippen LogP contribution < -0.4 is 15.0 Å². The lowest BCUT2D eigenvalue weighted by Gasteiger charge is -2.15. The fourth-order valence-electron chi connectivity index (χ4n) is 3.53. The van der Waals surface area contributed by atoms with Gasteiger partial charge in [-0.1, -0.05) is 15.9 Å². The highest BCUT2D eigenvalue weighted by Gasteiger charge is 2.39. The third-order valence-electron chi connectivity index (χ3n) is 4.99. The van der Waals surface area contributed by atoms with E-state index in [1.54, 1.807) is 19.2 Å². The van der Waals surface area contributed by atoms with Crippen molar-refractivity contribution in [3.8, 4) is 5.75 Å². The Morgan fingerprint density at radius 2 is 2.00 bits per heavy atom. The fourth-order valence-corrected chi connectivity index (χ4v) is 3.79. The van der Waals surface area contributed by atoms with E-state index in [0.717, 1.165) is 33.1 Å². The Labute approximate surface area is 171 Å². The van der Waals surface area contributed by atoms with E-state index in [0.29, 0.717) is 12.2 Å². The molecule has 1 fully saturated rings. The first kappa shape index (κ1) is 18.7. The number of ether oxygens (including phenoxy) is 1. The normalized spacial score (nSPS) is 16.9. The molecule has 0 saturated carbocycles. The molecule has 1 aliphatic rings. The third-order valence-corrected chi connectivity index (χ3v) is 5.52. The van der Waals surface area contributed by atoms with Crippen molar-refractivity contribution in [3.63, 3.8) is 0 Å². The maximum atomic E-state index is 12.7. The number of methoxy groups -OCH3 is 1. The molecule has 0 spiro atoms. The zero-order chi connectivity index (χ0) is 19.7. The summed E-state index contributed by atoms with van der Waals surface area (Å²) in [7, 11) is 1.65. The Morgan fingerprint density at radius 3 is 2.75 bits per heavy atom. The first-order valence-electron chi connectivity index (χ1n) is 9.06. The largest absolute Gasteiger partial charge is 0.497 e. The van der Waals surface area contributed by atoms with Crippen molar-refractivity contribution in [2.45, 2.75) is 18.9 Å². The number of imide groups is 1. The van der Waals surface area contributed by atoms with Crippen molar-refractivity contribution in [2.75, 3.05) is 18.6 Å². The second kappa shape index (κ2) is 7.77. The van der Waals surface area contributed by atoms with E-state index in [4.69, 9.17) is 4.74 Å². The molecule has 0 unspecified atom stereocenters. The molecule has 2 amide bonds. The molecule has 1 atom stereocenters. The molecule has 7 heteroatoms. The van der Waals surface area contributed by atoms with Gasteiger partial charge in [0, 0.05) is 28.1 Å². The van der Waals surface area contributed by atoms with Gasteiger partial charge in [0.05, 0.1) is 25.3 Å². The highest BCUT2D eigenvalue weighted by atomic mass is 79.9. The zero-order valence-corrected chi connectivity index (χ0v) is 17.0. The number of amides is 2. The van der Waals surface area contributed by atoms with Gasteiger partial charge in [0.15, 0.2) is 0 Å². The van der Waals surface area contributed by atoms with E-state index in [1.807, 2.05) is 36.5 Å². The van der Waals surface area contributed by atoms with Gasteiger partial charge in [0.2, 0.25) is 5.91 Å². The number of H-pyrrole nitrogens is 1. The molecule has 0 aliphatic carbocycles. The first-order chi connectivity index (χ1) is 13.6. The Kier molecular flexibility index (Phi) is 5.19. The van der Waals surface area contributed by atoms with Crippen LogP contribution in [0.25, 0.3) is 10.9 Å². The van der Waals surface area contributed by atoms with E-state index in [1.165, 1.54) is 4.90 Å². The number of aromatic amines is 1. The number of hydrogen-bond acceptors (Lipinski definition) is 4. The summed E-state index contributed by atoms with van der Waals surface area (Å²) in [6.07, 6.45) is 2.89. The standard InChI is InChI=1S/C21H20BrN3O3/c1-28-16-6-7-18-17(10-16)13(12-24-18)8-9-23-19-11-20(26)25(21(19)27)15-4-2-14(22)3-5-15/h2-7,10,12,19,23-24H,8-9,11H2,1H3/t19-/m0/s1. The lowest BCUT2D eigenvalue weighted by molar-refractivity contribution is -0.121. The number of carbonyl (C=O) groups is 2. The fraction of sp³-hybridized carbons (Fsp3) is 0.238. The maximum Gasteiger partial charge on any atom is 0.251 e. The molecule has 3 aromatic rings. The third kappa shape index (κ3) is 3.55. The predicted octanol–water partition coefficient (Wildman–Crippen LogP) is 3.40. The molecule has 6 nitrogen and oxygen atoms in total. The number of benzene rings is 2. The predicted molar refractivity (Wildman–Crippen MR) is 112 cm³/mol. The molecule has 2 N–H and O–H groups in total. The molecular formula is C21H20BrN3O3. The van der Waals surface area contributed by atoms with Crippen LogP contribution in [-0.4, -0.2) is 36.5 Å². The second-order valence-corrected chi connectivity index (χ2v) is 7.65. The van der Waals surface area contributed by atoms with Gasteiger partial charge in [-0.05, 0) is 54.4 Å². The van der Waals surface area contributed by atoms with Gasteiger partial charge in [-0.2, -0.15) is 0 Å². The van der Waals surface area contributed by atoms with Crippen LogP contribution in [0, 0.1) is 0 Å². The lowest BCUT2D eigenvalue weighted by atomic mass is 10.1. The van der Waals surface area contributed by atoms with Gasteiger partial charge in [-0.3, -0.25) is 9.59 Å². The van der Waals surface area contributed by atoms with Crippen LogP contribution in [0.4, 0.5) is 5.69 Å². The molecule has 1 saturated heterocycles. The van der Waals surface area contributed by atoms with Gasteiger partial charge in [0.1, 0.15) is 5.75 Å². The van der Waals surface area contributed by atoms with Crippen LogP contribution in [-0.2, 0) is 16.0 Å². The Morgan fingerprint density at radius 1 is 1.21 bits per heavy atom. The topological polar surface area (TPSA) is 74.4 Å². The molecule has 0 bridgehead atoms. The molecule has 28 heavy (non-hydrogen) atoms. The monoisotopic (exact) mass is 441 g/mol. The highest BCUT2D eigenvalue weighted by Crippen LogP contribution is 2.26. The number of fused-ring (bicyclic) bond motifs is 1. The Bertz CT molecular complexity index is 1030. The summed E-state index contributed by atoms with van der Waals surface area (Å²) in [6, 6.07) is 12.6. The molecule has 1 aromatic heterocycles. The van der Waals surface area contributed by atoms with Gasteiger partial charge in [-0.25, -0.2) is 4.90 Å². The number of nitrogens with zero attached hydrogens (tertiary/aromatic N) is 1. The second-order valence-electron chi connectivity index (χ2n) is 6.73. The molecule has 144 valence electrons. The molecule has 4 rings (SSSR count). The average molecular weight is 442 g/mol. The van der Waals surface area contributed by atoms with Crippen molar-refractivity contribution < 1.29 is 14.3 Å². The van der Waals surface area contributed by atoms with E-state index in [2.05, 4.69) is 26.2 Å². The summed E-state index contributed by atoms with van der Waals surface area (Å²) < 4.78 is 6.20. The molecule has 2 aromatic carbocycles. The number of carbonyl (C=O) groups excluding carboxylic acids is 2. The minimum Gasteiger partial charge on any atom is -0.497 e. The molecule has 0 radical (unpaired) electrons. The van der Waals surface area contributed by atoms with Crippen LogP contribution in [0.3, 0.4) is 0 Å². The van der Waals surface area contributed by atoms with Gasteiger partial charge in [0.25, 0.3) is 5.91 Å². The Hall–Kier alpha value is -2.64. The number of aromatic nitrogens is 1. The van der Waals surface area contributed by atoms with Crippen LogP contribution in [0.15, 0.2) is 53.1 Å². The molecule has 1 aliphatic heterocycles. The van der Waals surface area contributed by atoms with Crippen LogP contribution >= 0.6 is 15.9 Å². The van der Waals surface area contributed by atoms with Gasteiger partial charge >= 0.3 is 0 Å². The van der Waals surface area contributed by atoms with Crippen molar-refractivity contribution >= 4 is 44.3 Å². The van der Waals surface area contributed by atoms with Crippen LogP contribution in [0.5, 0.6) is 5.75 Å². The summed E-state index contributed by atoms with van der Waals surface area (Å²) in [5.74, 6) is 0.428. The SMILES string of the molecule is COc1ccc2[nH]cc(CCN[C@H]3CC(=O)N(c4ccc(Br)cc4)C3=O)c2c1. The highest BCUT2D eigenvalue weighted by molar-refractivity contribution is 9.10. The van der Waals surface area contributed by atoms with Crippen LogP contribution in [0.2, 0.25) is 0 Å². The molecule has 2 heterocycles. The van der Waals surface area contributed by atoms with E-state index < -0.39 is 6.04 Å². The average Bonchev–Trinajstić information content (AvgIpc) is 3.23.